The van der Waals surface area contributed by atoms with Gasteiger partial charge < -0.3 is 5.32 Å². The van der Waals surface area contributed by atoms with Gasteiger partial charge in [0.15, 0.2) is 0 Å². The van der Waals surface area contributed by atoms with E-state index in [0.29, 0.717) is 5.92 Å². The highest BCUT2D eigenvalue weighted by Gasteiger charge is 2.24. The molecule has 0 amide bonds. The van der Waals surface area contributed by atoms with Crippen LogP contribution in [0.2, 0.25) is 0 Å². The first-order valence-corrected chi connectivity index (χ1v) is 7.96. The van der Waals surface area contributed by atoms with Crippen LogP contribution in [0.4, 0.5) is 5.82 Å². The highest BCUT2D eigenvalue weighted by atomic mass is 79.9. The zero-order chi connectivity index (χ0) is 14.6. The van der Waals surface area contributed by atoms with Crippen LogP contribution in [0.5, 0.6) is 0 Å². The zero-order valence-corrected chi connectivity index (χ0v) is 14.6. The summed E-state index contributed by atoms with van der Waals surface area (Å²) in [4.78, 5) is 9.54. The van der Waals surface area contributed by atoms with Gasteiger partial charge >= 0.3 is 0 Å². The molecule has 1 aromatic rings. The van der Waals surface area contributed by atoms with Crippen molar-refractivity contribution in [2.75, 3.05) is 11.9 Å². The van der Waals surface area contributed by atoms with Gasteiger partial charge in [0, 0.05) is 17.9 Å². The SMILES string of the molecule is CCNc1nc(C(CC)CC)nc(C(C)(C)C)c1Br. The Morgan fingerprint density at radius 2 is 1.68 bits per heavy atom. The van der Waals surface area contributed by atoms with Crippen LogP contribution in [0.25, 0.3) is 0 Å². The van der Waals surface area contributed by atoms with E-state index in [4.69, 9.17) is 9.97 Å². The molecule has 0 atom stereocenters. The molecule has 0 aliphatic carbocycles. The monoisotopic (exact) mass is 327 g/mol. The largest absolute Gasteiger partial charge is 0.369 e. The third kappa shape index (κ3) is 3.91. The number of halogens is 1. The minimum atomic E-state index is 0.00667. The summed E-state index contributed by atoms with van der Waals surface area (Å²) in [5, 5.41) is 3.33. The highest BCUT2D eigenvalue weighted by Crippen LogP contribution is 2.34. The van der Waals surface area contributed by atoms with E-state index in [0.717, 1.165) is 41.2 Å². The van der Waals surface area contributed by atoms with Gasteiger partial charge in [0.2, 0.25) is 0 Å². The topological polar surface area (TPSA) is 37.8 Å². The Bertz CT molecular complexity index is 420. The van der Waals surface area contributed by atoms with E-state index in [2.05, 4.69) is 62.8 Å². The second-order valence-corrected chi connectivity index (χ2v) is 6.68. The number of rotatable bonds is 5. The van der Waals surface area contributed by atoms with Gasteiger partial charge in [0.25, 0.3) is 0 Å². The molecule has 1 heterocycles. The van der Waals surface area contributed by atoms with Gasteiger partial charge in [-0.15, -0.1) is 0 Å². The van der Waals surface area contributed by atoms with E-state index >= 15 is 0 Å². The molecule has 0 saturated heterocycles. The highest BCUT2D eigenvalue weighted by molar-refractivity contribution is 9.10. The summed E-state index contributed by atoms with van der Waals surface area (Å²) >= 11 is 3.66. The predicted octanol–water partition coefficient (Wildman–Crippen LogP) is 4.87. The molecule has 0 aliphatic rings. The molecular weight excluding hydrogens is 302 g/mol. The zero-order valence-electron chi connectivity index (χ0n) is 13.0. The standard InChI is InChI=1S/C15H26BrN3/c1-7-10(8-2)13-18-12(15(4,5)6)11(16)14(19-13)17-9-3/h10H,7-9H2,1-6H3,(H,17,18,19). The second kappa shape index (κ2) is 6.69. The van der Waals surface area contributed by atoms with E-state index in [1.165, 1.54) is 0 Å². The summed E-state index contributed by atoms with van der Waals surface area (Å²) in [5.74, 6) is 2.32. The van der Waals surface area contributed by atoms with Gasteiger partial charge in [-0.05, 0) is 35.7 Å². The number of nitrogens with one attached hydrogen (secondary N) is 1. The molecule has 3 nitrogen and oxygen atoms in total. The fraction of sp³-hybridized carbons (Fsp3) is 0.733. The minimum Gasteiger partial charge on any atom is -0.369 e. The van der Waals surface area contributed by atoms with Crippen molar-refractivity contribution in [2.45, 2.75) is 65.7 Å². The normalized spacial score (nSPS) is 12.0. The Labute approximate surface area is 125 Å². The van der Waals surface area contributed by atoms with Crippen LogP contribution in [0.3, 0.4) is 0 Å². The first-order valence-electron chi connectivity index (χ1n) is 7.16. The Hall–Kier alpha value is -0.640. The van der Waals surface area contributed by atoms with Gasteiger partial charge in [-0.1, -0.05) is 34.6 Å². The average Bonchev–Trinajstić information content (AvgIpc) is 2.33. The molecule has 0 aliphatic heterocycles. The van der Waals surface area contributed by atoms with Crippen LogP contribution in [0.15, 0.2) is 4.47 Å². The molecule has 4 heteroatoms. The van der Waals surface area contributed by atoms with Crippen molar-refractivity contribution in [2.24, 2.45) is 0 Å². The lowest BCUT2D eigenvalue weighted by atomic mass is 9.91. The summed E-state index contributed by atoms with van der Waals surface area (Å²) < 4.78 is 0.997. The first-order chi connectivity index (χ1) is 8.85. The Balaban J connectivity index is 3.38. The Morgan fingerprint density at radius 1 is 1.11 bits per heavy atom. The molecule has 0 aromatic carbocycles. The molecule has 0 radical (unpaired) electrons. The first kappa shape index (κ1) is 16.4. The quantitative estimate of drug-likeness (QED) is 0.838. The molecule has 0 bridgehead atoms. The summed E-state index contributed by atoms with van der Waals surface area (Å²) in [5.41, 5.74) is 1.09. The molecule has 108 valence electrons. The van der Waals surface area contributed by atoms with E-state index in [-0.39, 0.29) is 5.41 Å². The van der Waals surface area contributed by atoms with Crippen LogP contribution < -0.4 is 5.32 Å². The lowest BCUT2D eigenvalue weighted by Crippen LogP contribution is -2.19. The van der Waals surface area contributed by atoms with Crippen LogP contribution >= 0.6 is 15.9 Å². The fourth-order valence-corrected chi connectivity index (χ4v) is 2.99. The molecule has 1 aromatic heterocycles. The number of hydrogen-bond donors (Lipinski definition) is 1. The minimum absolute atomic E-state index is 0.00667. The Kier molecular flexibility index (Phi) is 5.78. The summed E-state index contributed by atoms with van der Waals surface area (Å²) in [7, 11) is 0. The van der Waals surface area contributed by atoms with Crippen molar-refractivity contribution in [1.82, 2.24) is 9.97 Å². The van der Waals surface area contributed by atoms with Crippen molar-refractivity contribution in [3.63, 3.8) is 0 Å². The van der Waals surface area contributed by atoms with Gasteiger partial charge in [0.1, 0.15) is 11.6 Å². The third-order valence-electron chi connectivity index (χ3n) is 3.27. The van der Waals surface area contributed by atoms with Crippen molar-refractivity contribution >= 4 is 21.7 Å². The maximum atomic E-state index is 4.83. The molecule has 0 fully saturated rings. The van der Waals surface area contributed by atoms with Crippen molar-refractivity contribution in [3.8, 4) is 0 Å². The molecule has 1 rings (SSSR count). The second-order valence-electron chi connectivity index (χ2n) is 5.89. The van der Waals surface area contributed by atoms with Gasteiger partial charge in [-0.25, -0.2) is 9.97 Å². The lowest BCUT2D eigenvalue weighted by Gasteiger charge is -2.23. The van der Waals surface area contributed by atoms with Crippen LogP contribution in [0, 0.1) is 0 Å². The van der Waals surface area contributed by atoms with E-state index in [9.17, 15) is 0 Å². The van der Waals surface area contributed by atoms with Gasteiger partial charge in [-0.2, -0.15) is 0 Å². The van der Waals surface area contributed by atoms with Crippen LogP contribution in [-0.4, -0.2) is 16.5 Å². The van der Waals surface area contributed by atoms with Crippen LogP contribution in [0.1, 0.15) is 71.8 Å². The smallest absolute Gasteiger partial charge is 0.144 e. The fourth-order valence-electron chi connectivity index (χ4n) is 2.08. The summed E-state index contributed by atoms with van der Waals surface area (Å²) in [6.07, 6.45) is 2.15. The van der Waals surface area contributed by atoms with E-state index < -0.39 is 0 Å². The maximum absolute atomic E-state index is 4.83. The summed E-state index contributed by atoms with van der Waals surface area (Å²) in [6.45, 7) is 13.9. The molecule has 0 saturated carbocycles. The van der Waals surface area contributed by atoms with Crippen molar-refractivity contribution in [3.05, 3.63) is 16.0 Å². The number of hydrogen-bond acceptors (Lipinski definition) is 3. The lowest BCUT2D eigenvalue weighted by molar-refractivity contribution is 0.539. The number of nitrogens with zero attached hydrogens (tertiary/aromatic N) is 2. The Morgan fingerprint density at radius 3 is 2.11 bits per heavy atom. The maximum Gasteiger partial charge on any atom is 0.144 e. The van der Waals surface area contributed by atoms with E-state index in [1.54, 1.807) is 0 Å². The number of aromatic nitrogens is 2. The molecule has 0 unspecified atom stereocenters. The average molecular weight is 328 g/mol. The van der Waals surface area contributed by atoms with Crippen LogP contribution in [-0.2, 0) is 5.41 Å². The van der Waals surface area contributed by atoms with Crippen molar-refractivity contribution < 1.29 is 0 Å². The van der Waals surface area contributed by atoms with E-state index in [1.807, 2.05) is 0 Å². The number of anilines is 1. The molecule has 1 N–H and O–H groups in total. The predicted molar refractivity (Wildman–Crippen MR) is 85.9 cm³/mol. The molecule has 19 heavy (non-hydrogen) atoms. The molecule has 0 spiro atoms. The molecular formula is C15H26BrN3. The summed E-state index contributed by atoms with van der Waals surface area (Å²) in [6, 6.07) is 0. The van der Waals surface area contributed by atoms with Crippen molar-refractivity contribution in [1.29, 1.82) is 0 Å². The van der Waals surface area contributed by atoms with Gasteiger partial charge in [0.05, 0.1) is 10.2 Å². The third-order valence-corrected chi connectivity index (χ3v) is 4.03. The van der Waals surface area contributed by atoms with Gasteiger partial charge in [-0.3, -0.25) is 0 Å².